The van der Waals surface area contributed by atoms with Crippen LogP contribution in [0.2, 0.25) is 5.15 Å². The highest BCUT2D eigenvalue weighted by Gasteiger charge is 2.20. The minimum absolute atomic E-state index is 0.0295. The molecule has 0 bridgehead atoms. The molecular weight excluding hydrogens is 888 g/mol. The molecule has 0 aliphatic heterocycles. The number of anilines is 7. The van der Waals surface area contributed by atoms with Gasteiger partial charge in [-0.25, -0.2) is 24.9 Å². The Morgan fingerprint density at radius 3 is 1.71 bits per heavy atom. The number of hydrogen-bond donors (Lipinski definition) is 4. The number of hydrogen-bond acceptors (Lipinski definition) is 18. The number of Topliss-reactive ketones (excluding diaryl/α,β-unsaturated/α-hetero) is 2. The fraction of sp³-hybridized carbons (Fsp3) is 0.191. The quantitative estimate of drug-likeness (QED) is 0.0588. The first-order valence-corrected chi connectivity index (χ1v) is 21.2. The van der Waals surface area contributed by atoms with Crippen molar-refractivity contribution in [3.63, 3.8) is 0 Å². The van der Waals surface area contributed by atoms with Crippen LogP contribution in [0.15, 0.2) is 104 Å². The number of carbonyl (C=O) groups excluding carboxylic acids is 2. The number of carbonyl (C=O) groups is 2. The molecule has 0 aliphatic carbocycles. The van der Waals surface area contributed by atoms with Crippen molar-refractivity contribution in [1.29, 1.82) is 5.26 Å². The molecule has 0 saturated heterocycles. The molecule has 5 N–H and O–H groups in total. The van der Waals surface area contributed by atoms with E-state index in [-0.39, 0.29) is 17.3 Å². The van der Waals surface area contributed by atoms with Crippen molar-refractivity contribution in [2.45, 2.75) is 33.6 Å². The minimum atomic E-state index is -0.0623. The number of nitrogens with one attached hydrogen (secondary N) is 3. The molecule has 0 saturated carbocycles. The minimum Gasteiger partial charge on any atom is -0.494 e. The zero-order valence-corrected chi connectivity index (χ0v) is 38.9. The van der Waals surface area contributed by atoms with Crippen LogP contribution in [0.5, 0.6) is 11.5 Å². The van der Waals surface area contributed by atoms with Gasteiger partial charge in [0, 0.05) is 45.4 Å². The van der Waals surface area contributed by atoms with Gasteiger partial charge in [-0.05, 0) is 61.5 Å². The first-order valence-electron chi connectivity index (χ1n) is 20.9. The Morgan fingerprint density at radius 2 is 1.24 bits per heavy atom. The Hall–Kier alpha value is -8.83. The van der Waals surface area contributed by atoms with Crippen LogP contribution in [0.1, 0.15) is 58.8 Å². The van der Waals surface area contributed by atoms with Crippen molar-refractivity contribution in [3.8, 4) is 40.3 Å². The number of aromatic nitrogens is 11. The lowest BCUT2D eigenvalue weighted by Crippen LogP contribution is -2.07. The number of benzene rings is 2. The second kappa shape index (κ2) is 22.9. The lowest BCUT2D eigenvalue weighted by atomic mass is 10.1. The molecule has 6 heterocycles. The van der Waals surface area contributed by atoms with Crippen molar-refractivity contribution >= 4 is 63.4 Å². The Bertz CT molecular complexity index is 3060. The van der Waals surface area contributed by atoms with Crippen LogP contribution in [0.3, 0.4) is 0 Å². The first-order chi connectivity index (χ1) is 32.8. The number of ketones is 2. The standard InChI is InChI=1S/C24H22N8O2.C18H18ClN5O2.C5H7N3/c1-4-20(33)17-13-26-22(30-21-10-5-7-15(12-25)28-21)11-19(17)29-18-9-6-8-16(23(18)34-3)24-27-14-32(2)31-24;1-4-15(25)12-9-20-16(19)8-14(12)22-13-7-5-6-11(17(13)26-3)18-21-10-24(2)23-18;1-4-2-3-5(6)8-7-4/h5-11,13-14H,4H2,1-3H3,(H2,26,28,29,30);5-10H,4H2,1-3H3,(H,20,22);2-3H,1H3,(H2,6,8). The average molecular weight is 935 g/mol. The van der Waals surface area contributed by atoms with Gasteiger partial charge in [-0.15, -0.1) is 5.10 Å². The summed E-state index contributed by atoms with van der Waals surface area (Å²) in [6, 6.07) is 25.1. The molecule has 21 heteroatoms. The summed E-state index contributed by atoms with van der Waals surface area (Å²) in [5.74, 6) is 3.48. The van der Waals surface area contributed by atoms with E-state index < -0.39 is 0 Å². The summed E-state index contributed by atoms with van der Waals surface area (Å²) in [4.78, 5) is 46.0. The van der Waals surface area contributed by atoms with Gasteiger partial charge >= 0.3 is 0 Å². The van der Waals surface area contributed by atoms with Crippen LogP contribution in [-0.2, 0) is 14.1 Å². The predicted octanol–water partition coefficient (Wildman–Crippen LogP) is 8.47. The molecule has 346 valence electrons. The zero-order chi connectivity index (χ0) is 48.7. The largest absolute Gasteiger partial charge is 0.494 e. The van der Waals surface area contributed by atoms with Crippen molar-refractivity contribution in [3.05, 3.63) is 132 Å². The van der Waals surface area contributed by atoms with Gasteiger partial charge in [0.15, 0.2) is 34.7 Å². The molecule has 8 rings (SSSR count). The summed E-state index contributed by atoms with van der Waals surface area (Å²) in [7, 11) is 6.73. The number of ether oxygens (including phenoxy) is 2. The number of para-hydroxylation sites is 2. The Labute approximate surface area is 396 Å². The second-order valence-corrected chi connectivity index (χ2v) is 14.9. The molecule has 20 nitrogen and oxygen atoms in total. The Balaban J connectivity index is 0.000000197. The average Bonchev–Trinajstić information content (AvgIpc) is 4.00. The van der Waals surface area contributed by atoms with Gasteiger partial charge in [-0.3, -0.25) is 19.0 Å². The number of pyridine rings is 3. The van der Waals surface area contributed by atoms with Gasteiger partial charge in [0.25, 0.3) is 0 Å². The number of nitrogen functional groups attached to an aromatic ring is 1. The molecular formula is C47H47ClN16O4. The maximum Gasteiger partial charge on any atom is 0.184 e. The summed E-state index contributed by atoms with van der Waals surface area (Å²) in [6.45, 7) is 5.46. The number of rotatable bonds is 14. The normalized spacial score (nSPS) is 10.3. The fourth-order valence-corrected chi connectivity index (χ4v) is 6.53. The number of methoxy groups -OCH3 is 2. The van der Waals surface area contributed by atoms with E-state index in [1.807, 2.05) is 55.5 Å². The molecule has 6 aromatic heterocycles. The number of halogens is 1. The van der Waals surface area contributed by atoms with E-state index in [0.29, 0.717) is 98.0 Å². The van der Waals surface area contributed by atoms with Crippen molar-refractivity contribution in [2.75, 3.05) is 35.9 Å². The topological polar surface area (TPSA) is 264 Å². The van der Waals surface area contributed by atoms with Gasteiger partial charge < -0.3 is 31.2 Å². The van der Waals surface area contributed by atoms with Crippen LogP contribution in [0.25, 0.3) is 22.8 Å². The van der Waals surface area contributed by atoms with E-state index in [4.69, 9.17) is 32.1 Å². The van der Waals surface area contributed by atoms with Gasteiger partial charge in [-0.2, -0.15) is 20.6 Å². The monoisotopic (exact) mass is 934 g/mol. The number of aryl methyl sites for hydroxylation is 3. The highest BCUT2D eigenvalue weighted by atomic mass is 35.5. The molecule has 68 heavy (non-hydrogen) atoms. The van der Waals surface area contributed by atoms with Crippen LogP contribution < -0.4 is 31.2 Å². The first kappa shape index (κ1) is 48.6. The molecule has 0 spiro atoms. The van der Waals surface area contributed by atoms with Gasteiger partial charge in [0.1, 0.15) is 47.0 Å². The maximum absolute atomic E-state index is 12.6. The number of nitrogens with zero attached hydrogens (tertiary/aromatic N) is 12. The predicted molar refractivity (Wildman–Crippen MR) is 259 cm³/mol. The lowest BCUT2D eigenvalue weighted by molar-refractivity contribution is 0.0980. The Morgan fingerprint density at radius 1 is 0.691 bits per heavy atom. The second-order valence-electron chi connectivity index (χ2n) is 14.5. The Kier molecular flexibility index (Phi) is 16.4. The summed E-state index contributed by atoms with van der Waals surface area (Å²) < 4.78 is 14.5. The summed E-state index contributed by atoms with van der Waals surface area (Å²) in [5.41, 5.74) is 11.2. The molecule has 8 aromatic rings. The van der Waals surface area contributed by atoms with Crippen LogP contribution >= 0.6 is 11.6 Å². The van der Waals surface area contributed by atoms with E-state index in [9.17, 15) is 9.59 Å². The van der Waals surface area contributed by atoms with Gasteiger partial charge in [0.2, 0.25) is 0 Å². The summed E-state index contributed by atoms with van der Waals surface area (Å²) >= 11 is 6.02. The molecule has 2 aromatic carbocycles. The molecule has 0 radical (unpaired) electrons. The smallest absolute Gasteiger partial charge is 0.184 e. The van der Waals surface area contributed by atoms with Crippen molar-refractivity contribution in [2.24, 2.45) is 14.1 Å². The maximum atomic E-state index is 12.6. The van der Waals surface area contributed by atoms with E-state index >= 15 is 0 Å². The lowest BCUT2D eigenvalue weighted by Gasteiger charge is -2.17. The van der Waals surface area contributed by atoms with Crippen molar-refractivity contribution < 1.29 is 19.1 Å². The number of nitrogens with two attached hydrogens (primary N) is 1. The molecule has 0 aliphatic rings. The van der Waals surface area contributed by atoms with E-state index in [1.165, 1.54) is 12.4 Å². The molecule has 0 amide bonds. The third-order valence-electron chi connectivity index (χ3n) is 9.61. The van der Waals surface area contributed by atoms with Gasteiger partial charge in [0.05, 0.1) is 64.9 Å². The molecule has 0 atom stereocenters. The van der Waals surface area contributed by atoms with E-state index in [1.54, 1.807) is 101 Å². The summed E-state index contributed by atoms with van der Waals surface area (Å²) in [6.07, 6.45) is 6.92. The number of nitriles is 1. The highest BCUT2D eigenvalue weighted by molar-refractivity contribution is 6.29. The zero-order valence-electron chi connectivity index (χ0n) is 38.2. The van der Waals surface area contributed by atoms with Crippen LogP contribution in [0, 0.1) is 18.3 Å². The van der Waals surface area contributed by atoms with E-state index in [0.717, 1.165) is 11.3 Å². The SMILES string of the molecule is CCC(=O)c1cnc(Cl)cc1Nc1cccc(-c2ncn(C)n2)c1OC.CCC(=O)c1cnc(Nc2cccc(C#N)n2)cc1Nc1cccc(-c2ncn(C)n2)c1OC.Cc1ccc(N)nn1. The third kappa shape index (κ3) is 12.3. The van der Waals surface area contributed by atoms with Crippen molar-refractivity contribution in [1.82, 2.24) is 54.7 Å². The fourth-order valence-electron chi connectivity index (χ4n) is 6.37. The van der Waals surface area contributed by atoms with Crippen LogP contribution in [-0.4, -0.2) is 80.5 Å². The van der Waals surface area contributed by atoms with E-state index in [2.05, 4.69) is 61.3 Å². The van der Waals surface area contributed by atoms with Gasteiger partial charge in [-0.1, -0.05) is 43.6 Å². The summed E-state index contributed by atoms with van der Waals surface area (Å²) in [5, 5.41) is 35.0. The molecule has 0 fully saturated rings. The van der Waals surface area contributed by atoms with Crippen LogP contribution in [0.4, 0.5) is 40.2 Å². The molecule has 0 unspecified atom stereocenters. The third-order valence-corrected chi connectivity index (χ3v) is 9.82. The highest BCUT2D eigenvalue weighted by Crippen LogP contribution is 2.39.